The van der Waals surface area contributed by atoms with Gasteiger partial charge in [-0.2, -0.15) is 0 Å². The number of ether oxygens (including phenoxy) is 5. The Balaban J connectivity index is 1.55. The summed E-state index contributed by atoms with van der Waals surface area (Å²) >= 11 is 0. The lowest BCUT2D eigenvalue weighted by Gasteiger charge is -2.14. The molecule has 1 saturated heterocycles. The molecule has 0 amide bonds. The van der Waals surface area contributed by atoms with Crippen LogP contribution in [-0.4, -0.2) is 33.2 Å². The Hall–Kier alpha value is -3.51. The van der Waals surface area contributed by atoms with E-state index in [1.165, 1.54) is 0 Å². The van der Waals surface area contributed by atoms with Gasteiger partial charge in [-0.1, -0.05) is 42.5 Å². The van der Waals surface area contributed by atoms with Gasteiger partial charge in [0.05, 0.1) is 32.5 Å². The molecule has 1 aliphatic rings. The molecular weight excluding hydrogens is 396 g/mol. The van der Waals surface area contributed by atoms with Crippen molar-refractivity contribution in [3.05, 3.63) is 83.4 Å². The molecule has 3 aromatic carbocycles. The summed E-state index contributed by atoms with van der Waals surface area (Å²) in [5.41, 5.74) is 2.20. The van der Waals surface area contributed by atoms with Gasteiger partial charge < -0.3 is 23.7 Å². The molecule has 6 heteroatoms. The molecule has 0 N–H and O–H groups in total. The van der Waals surface area contributed by atoms with E-state index in [9.17, 15) is 4.79 Å². The van der Waals surface area contributed by atoms with Crippen molar-refractivity contribution in [1.82, 2.24) is 0 Å². The van der Waals surface area contributed by atoms with Crippen molar-refractivity contribution in [2.24, 2.45) is 0 Å². The highest BCUT2D eigenvalue weighted by Gasteiger charge is 2.50. The zero-order chi connectivity index (χ0) is 21.8. The predicted molar refractivity (Wildman–Crippen MR) is 115 cm³/mol. The van der Waals surface area contributed by atoms with Crippen molar-refractivity contribution in [3.63, 3.8) is 0 Å². The fourth-order valence-electron chi connectivity index (χ4n) is 3.53. The van der Waals surface area contributed by atoms with Crippen LogP contribution in [0, 0.1) is 0 Å². The van der Waals surface area contributed by atoms with Crippen molar-refractivity contribution >= 4 is 5.78 Å². The zero-order valence-corrected chi connectivity index (χ0v) is 17.7. The first-order chi connectivity index (χ1) is 15.2. The normalized spacial score (nSPS) is 17.0. The van der Waals surface area contributed by atoms with Crippen LogP contribution >= 0.6 is 0 Å². The number of carbonyl (C=O) groups excluding carboxylic acids is 1. The second-order valence-corrected chi connectivity index (χ2v) is 7.06. The van der Waals surface area contributed by atoms with Crippen LogP contribution in [0.3, 0.4) is 0 Å². The molecular formula is C25H24O6. The first kappa shape index (κ1) is 20.8. The van der Waals surface area contributed by atoms with E-state index < -0.39 is 12.2 Å². The minimum atomic E-state index is -0.641. The number of hydrogen-bond acceptors (Lipinski definition) is 6. The maximum absolute atomic E-state index is 13.2. The maximum Gasteiger partial charge on any atom is 0.198 e. The SMILES string of the molecule is COc1cc(OC)c([C@H]2O[C@@H]2C(=O)c2ccccc2OCc2ccccc2)c(OC)c1. The third kappa shape index (κ3) is 4.34. The molecule has 0 bridgehead atoms. The van der Waals surface area contributed by atoms with Gasteiger partial charge in [-0.25, -0.2) is 0 Å². The largest absolute Gasteiger partial charge is 0.496 e. The number of epoxide rings is 1. The van der Waals surface area contributed by atoms with Gasteiger partial charge in [0, 0.05) is 12.1 Å². The third-order valence-electron chi connectivity index (χ3n) is 5.18. The number of hydrogen-bond donors (Lipinski definition) is 0. The third-order valence-corrected chi connectivity index (χ3v) is 5.18. The molecule has 0 aromatic heterocycles. The standard InChI is InChI=1S/C25H24O6/c1-27-17-13-20(28-2)22(21(14-17)29-3)24-25(31-24)23(26)18-11-7-8-12-19(18)30-15-16-9-5-4-6-10-16/h4-14,24-25H,15H2,1-3H3/t24-,25-/m1/s1. The van der Waals surface area contributed by atoms with Crippen LogP contribution in [0.1, 0.15) is 27.6 Å². The highest BCUT2D eigenvalue weighted by atomic mass is 16.6. The fourth-order valence-corrected chi connectivity index (χ4v) is 3.53. The molecule has 6 nitrogen and oxygen atoms in total. The van der Waals surface area contributed by atoms with Gasteiger partial charge in [0.25, 0.3) is 0 Å². The molecule has 0 saturated carbocycles. The fraction of sp³-hybridized carbons (Fsp3) is 0.240. The Morgan fingerprint density at radius 3 is 2.13 bits per heavy atom. The van der Waals surface area contributed by atoms with E-state index in [0.717, 1.165) is 5.56 Å². The Kier molecular flexibility index (Phi) is 6.09. The Morgan fingerprint density at radius 2 is 1.48 bits per heavy atom. The number of carbonyl (C=O) groups is 1. The van der Waals surface area contributed by atoms with Gasteiger partial charge in [0.1, 0.15) is 35.7 Å². The maximum atomic E-state index is 13.2. The van der Waals surface area contributed by atoms with Crippen LogP contribution < -0.4 is 18.9 Å². The van der Waals surface area contributed by atoms with Crippen LogP contribution in [0.4, 0.5) is 0 Å². The summed E-state index contributed by atoms with van der Waals surface area (Å²) in [6.45, 7) is 0.375. The molecule has 31 heavy (non-hydrogen) atoms. The quantitative estimate of drug-likeness (QED) is 0.372. The summed E-state index contributed by atoms with van der Waals surface area (Å²) in [7, 11) is 4.69. The Labute approximate surface area is 181 Å². The second-order valence-electron chi connectivity index (χ2n) is 7.06. The number of methoxy groups -OCH3 is 3. The van der Waals surface area contributed by atoms with Crippen molar-refractivity contribution in [2.75, 3.05) is 21.3 Å². The summed E-state index contributed by atoms with van der Waals surface area (Å²) in [6, 6.07) is 20.5. The number of rotatable bonds is 9. The number of ketones is 1. The molecule has 0 spiro atoms. The molecule has 1 fully saturated rings. The van der Waals surface area contributed by atoms with Crippen molar-refractivity contribution in [3.8, 4) is 23.0 Å². The molecule has 3 aromatic rings. The topological polar surface area (TPSA) is 66.5 Å². The van der Waals surface area contributed by atoms with E-state index in [-0.39, 0.29) is 5.78 Å². The Morgan fingerprint density at radius 1 is 0.839 bits per heavy atom. The van der Waals surface area contributed by atoms with Gasteiger partial charge in [0.15, 0.2) is 11.9 Å². The summed E-state index contributed by atoms with van der Waals surface area (Å²) in [5.74, 6) is 2.07. The lowest BCUT2D eigenvalue weighted by atomic mass is 10.0. The lowest BCUT2D eigenvalue weighted by molar-refractivity contribution is 0.0949. The zero-order valence-electron chi connectivity index (χ0n) is 17.7. The van der Waals surface area contributed by atoms with E-state index >= 15 is 0 Å². The summed E-state index contributed by atoms with van der Waals surface area (Å²) < 4.78 is 28.0. The predicted octanol–water partition coefficient (Wildman–Crippen LogP) is 4.61. The van der Waals surface area contributed by atoms with E-state index in [1.54, 1.807) is 45.6 Å². The minimum absolute atomic E-state index is 0.145. The monoisotopic (exact) mass is 420 g/mol. The smallest absolute Gasteiger partial charge is 0.198 e. The van der Waals surface area contributed by atoms with Crippen LogP contribution in [0.25, 0.3) is 0 Å². The first-order valence-electron chi connectivity index (χ1n) is 9.91. The van der Waals surface area contributed by atoms with Crippen molar-refractivity contribution < 1.29 is 28.5 Å². The summed E-state index contributed by atoms with van der Waals surface area (Å²) in [4.78, 5) is 13.2. The molecule has 1 aliphatic heterocycles. The highest BCUT2D eigenvalue weighted by Crippen LogP contribution is 2.50. The van der Waals surface area contributed by atoms with Crippen molar-refractivity contribution in [2.45, 2.75) is 18.8 Å². The van der Waals surface area contributed by atoms with E-state index in [2.05, 4.69) is 0 Å². The van der Waals surface area contributed by atoms with Crippen molar-refractivity contribution in [1.29, 1.82) is 0 Å². The van der Waals surface area contributed by atoms with Crippen LogP contribution in [0.2, 0.25) is 0 Å². The lowest BCUT2D eigenvalue weighted by Crippen LogP contribution is -2.11. The van der Waals surface area contributed by atoms with Crippen LogP contribution in [-0.2, 0) is 11.3 Å². The number of benzene rings is 3. The van der Waals surface area contributed by atoms with Crippen LogP contribution in [0.5, 0.6) is 23.0 Å². The Bertz CT molecular complexity index is 1040. The summed E-state index contributed by atoms with van der Waals surface area (Å²) in [6.07, 6.45) is -1.11. The van der Waals surface area contributed by atoms with Gasteiger partial charge in [-0.05, 0) is 17.7 Å². The first-order valence-corrected chi connectivity index (χ1v) is 9.91. The number of Topliss-reactive ketones (excluding diaryl/α,β-unsaturated/α-hetero) is 1. The summed E-state index contributed by atoms with van der Waals surface area (Å²) in [5, 5.41) is 0. The van der Waals surface area contributed by atoms with Gasteiger partial charge in [-0.15, -0.1) is 0 Å². The molecule has 0 unspecified atom stereocenters. The number of para-hydroxylation sites is 1. The average molecular weight is 420 g/mol. The second kappa shape index (κ2) is 9.10. The van der Waals surface area contributed by atoms with E-state index in [4.69, 9.17) is 23.7 Å². The van der Waals surface area contributed by atoms with Gasteiger partial charge >= 0.3 is 0 Å². The van der Waals surface area contributed by atoms with Crippen LogP contribution in [0.15, 0.2) is 66.7 Å². The minimum Gasteiger partial charge on any atom is -0.496 e. The molecule has 4 rings (SSSR count). The van der Waals surface area contributed by atoms with E-state index in [0.29, 0.717) is 40.7 Å². The van der Waals surface area contributed by atoms with Gasteiger partial charge in [-0.3, -0.25) is 4.79 Å². The molecule has 1 heterocycles. The highest BCUT2D eigenvalue weighted by molar-refractivity contribution is 6.03. The molecule has 2 atom stereocenters. The molecule has 0 aliphatic carbocycles. The van der Waals surface area contributed by atoms with Gasteiger partial charge in [0.2, 0.25) is 0 Å². The average Bonchev–Trinajstić information content (AvgIpc) is 3.62. The molecule has 160 valence electrons. The van der Waals surface area contributed by atoms with E-state index in [1.807, 2.05) is 42.5 Å². The molecule has 0 radical (unpaired) electrons.